The van der Waals surface area contributed by atoms with Crippen LogP contribution < -0.4 is 4.90 Å². The molecule has 3 aromatic rings. The van der Waals surface area contributed by atoms with Gasteiger partial charge in [0.15, 0.2) is 11.5 Å². The van der Waals surface area contributed by atoms with Crippen LogP contribution in [0.1, 0.15) is 27.9 Å². The Hall–Kier alpha value is -3.54. The Morgan fingerprint density at radius 1 is 1.04 bits per heavy atom. The number of furan rings is 2. The van der Waals surface area contributed by atoms with Crippen molar-refractivity contribution in [1.82, 2.24) is 0 Å². The van der Waals surface area contributed by atoms with E-state index < -0.39 is 23.5 Å². The van der Waals surface area contributed by atoms with Gasteiger partial charge in [0.25, 0.3) is 5.91 Å². The van der Waals surface area contributed by atoms with E-state index in [4.69, 9.17) is 8.83 Å². The monoisotopic (exact) mass is 349 g/mol. The number of carbonyl (C=O) groups excluding carboxylic acids is 2. The summed E-state index contributed by atoms with van der Waals surface area (Å²) >= 11 is 0. The van der Waals surface area contributed by atoms with Crippen molar-refractivity contribution in [3.63, 3.8) is 0 Å². The van der Waals surface area contributed by atoms with Gasteiger partial charge in [-0.05, 0) is 42.8 Å². The number of benzene rings is 1. The normalized spacial score (nSPS) is 17.2. The van der Waals surface area contributed by atoms with E-state index in [0.717, 1.165) is 5.56 Å². The first-order valence-corrected chi connectivity index (χ1v) is 8.03. The highest BCUT2D eigenvalue weighted by atomic mass is 16.3. The molecule has 0 saturated heterocycles. The summed E-state index contributed by atoms with van der Waals surface area (Å²) in [5, 5.41) is 10.5. The molecule has 1 atom stereocenters. The predicted octanol–water partition coefficient (Wildman–Crippen LogP) is 3.96. The van der Waals surface area contributed by atoms with Gasteiger partial charge in [0.2, 0.25) is 5.78 Å². The molecular formula is C20H15NO5. The van der Waals surface area contributed by atoms with Gasteiger partial charge in [-0.15, -0.1) is 0 Å². The highest BCUT2D eigenvalue weighted by Crippen LogP contribution is 2.42. The Morgan fingerprint density at radius 2 is 1.77 bits per heavy atom. The quantitative estimate of drug-likeness (QED) is 0.721. The van der Waals surface area contributed by atoms with Gasteiger partial charge in [-0.1, -0.05) is 18.2 Å². The minimum absolute atomic E-state index is 0.0440. The number of aliphatic hydroxyl groups excluding tert-OH is 1. The minimum Gasteiger partial charge on any atom is -0.503 e. The van der Waals surface area contributed by atoms with Crippen molar-refractivity contribution in [2.45, 2.75) is 13.0 Å². The van der Waals surface area contributed by atoms with Crippen molar-refractivity contribution < 1.29 is 23.5 Å². The van der Waals surface area contributed by atoms with Crippen LogP contribution in [0, 0.1) is 6.92 Å². The lowest BCUT2D eigenvalue weighted by Crippen LogP contribution is -2.31. The molecule has 26 heavy (non-hydrogen) atoms. The molecule has 0 saturated carbocycles. The van der Waals surface area contributed by atoms with E-state index in [-0.39, 0.29) is 11.3 Å². The van der Waals surface area contributed by atoms with E-state index in [0.29, 0.717) is 11.4 Å². The number of nitrogens with zero attached hydrogens (tertiary/aromatic N) is 1. The molecule has 2 aromatic heterocycles. The first kappa shape index (κ1) is 16.0. The summed E-state index contributed by atoms with van der Waals surface area (Å²) in [6.07, 6.45) is 2.82. The molecular weight excluding hydrogens is 334 g/mol. The van der Waals surface area contributed by atoms with E-state index in [2.05, 4.69) is 0 Å². The van der Waals surface area contributed by atoms with Crippen LogP contribution in [0.4, 0.5) is 5.69 Å². The molecule has 4 rings (SSSR count). The third kappa shape index (κ3) is 2.35. The maximum absolute atomic E-state index is 12.9. The van der Waals surface area contributed by atoms with Crippen molar-refractivity contribution in [2.75, 3.05) is 4.90 Å². The smallest absolute Gasteiger partial charge is 0.294 e. The molecule has 1 amide bonds. The van der Waals surface area contributed by atoms with E-state index in [1.54, 1.807) is 30.3 Å². The van der Waals surface area contributed by atoms with Gasteiger partial charge in [0.05, 0.1) is 18.1 Å². The molecule has 1 aromatic carbocycles. The molecule has 0 fully saturated rings. The zero-order chi connectivity index (χ0) is 18.3. The van der Waals surface area contributed by atoms with Crippen LogP contribution in [-0.2, 0) is 4.79 Å². The van der Waals surface area contributed by atoms with Crippen LogP contribution in [0.5, 0.6) is 0 Å². The highest BCUT2D eigenvalue weighted by Gasteiger charge is 2.46. The summed E-state index contributed by atoms with van der Waals surface area (Å²) in [6, 6.07) is 12.8. The van der Waals surface area contributed by atoms with E-state index in [1.807, 2.05) is 19.1 Å². The SMILES string of the molecule is Cc1ccccc1N1C(=O)C(O)=C(C(=O)c2ccco2)C1c1ccco1. The number of aryl methyl sites for hydroxylation is 1. The van der Waals surface area contributed by atoms with E-state index >= 15 is 0 Å². The second-order valence-electron chi connectivity index (χ2n) is 5.95. The number of aliphatic hydroxyl groups is 1. The fraction of sp³-hybridized carbons (Fsp3) is 0.100. The number of amides is 1. The Morgan fingerprint density at radius 3 is 2.42 bits per heavy atom. The average Bonchev–Trinajstić information content (AvgIpc) is 3.38. The second kappa shape index (κ2) is 6.07. The lowest BCUT2D eigenvalue weighted by molar-refractivity contribution is -0.117. The van der Waals surface area contributed by atoms with E-state index in [1.165, 1.54) is 23.5 Å². The minimum atomic E-state index is -0.879. The number of ketones is 1. The van der Waals surface area contributed by atoms with Crippen LogP contribution in [0.2, 0.25) is 0 Å². The Bertz CT molecular complexity index is 999. The molecule has 0 spiro atoms. The molecule has 6 nitrogen and oxygen atoms in total. The number of hydrogen-bond acceptors (Lipinski definition) is 5. The second-order valence-corrected chi connectivity index (χ2v) is 5.95. The summed E-state index contributed by atoms with van der Waals surface area (Å²) in [5.74, 6) is -1.40. The van der Waals surface area contributed by atoms with Crippen molar-refractivity contribution in [1.29, 1.82) is 0 Å². The predicted molar refractivity (Wildman–Crippen MR) is 92.8 cm³/mol. The van der Waals surface area contributed by atoms with Gasteiger partial charge in [0.1, 0.15) is 11.8 Å². The van der Waals surface area contributed by atoms with Crippen LogP contribution in [0.15, 0.2) is 81.2 Å². The Labute approximate surface area is 149 Å². The number of para-hydroxylation sites is 1. The van der Waals surface area contributed by atoms with Gasteiger partial charge in [-0.25, -0.2) is 0 Å². The lowest BCUT2D eigenvalue weighted by atomic mass is 9.99. The number of hydrogen-bond donors (Lipinski definition) is 1. The third-order valence-corrected chi connectivity index (χ3v) is 4.39. The molecule has 1 aliphatic rings. The topological polar surface area (TPSA) is 83.9 Å². The number of carbonyl (C=O) groups is 2. The van der Waals surface area contributed by atoms with Crippen molar-refractivity contribution in [3.05, 3.63) is 89.5 Å². The summed E-state index contributed by atoms with van der Waals surface area (Å²) in [6.45, 7) is 1.85. The van der Waals surface area contributed by atoms with E-state index in [9.17, 15) is 14.7 Å². The zero-order valence-corrected chi connectivity index (χ0v) is 13.9. The fourth-order valence-electron chi connectivity index (χ4n) is 3.18. The summed E-state index contributed by atoms with van der Waals surface area (Å²) < 4.78 is 10.6. The van der Waals surface area contributed by atoms with Gasteiger partial charge >= 0.3 is 0 Å². The Kier molecular flexibility index (Phi) is 3.73. The van der Waals surface area contributed by atoms with Gasteiger partial charge in [-0.3, -0.25) is 14.5 Å². The maximum atomic E-state index is 12.9. The molecule has 0 radical (unpaired) electrons. The molecule has 3 heterocycles. The highest BCUT2D eigenvalue weighted by molar-refractivity contribution is 6.20. The van der Waals surface area contributed by atoms with Crippen molar-refractivity contribution >= 4 is 17.4 Å². The van der Waals surface area contributed by atoms with Crippen LogP contribution in [0.3, 0.4) is 0 Å². The first-order chi connectivity index (χ1) is 12.6. The van der Waals surface area contributed by atoms with Gasteiger partial charge in [0, 0.05) is 5.69 Å². The number of anilines is 1. The molecule has 1 aliphatic heterocycles. The van der Waals surface area contributed by atoms with Crippen LogP contribution in [-0.4, -0.2) is 16.8 Å². The number of rotatable bonds is 4. The summed E-state index contributed by atoms with van der Waals surface area (Å²) in [7, 11) is 0. The molecule has 0 bridgehead atoms. The molecule has 6 heteroatoms. The van der Waals surface area contributed by atoms with Crippen molar-refractivity contribution in [3.8, 4) is 0 Å². The zero-order valence-electron chi connectivity index (χ0n) is 13.9. The standard InChI is InChI=1S/C20H15NO5/c1-12-6-2-3-7-13(12)21-17(14-8-4-10-25-14)16(19(23)20(21)24)18(22)15-9-5-11-26-15/h2-11,17,23H,1H3. The molecule has 1 N–H and O–H groups in total. The molecule has 0 aliphatic carbocycles. The van der Waals surface area contributed by atoms with Gasteiger partial charge < -0.3 is 13.9 Å². The number of Topliss-reactive ketones (excluding diaryl/α,β-unsaturated/α-hetero) is 1. The molecule has 1 unspecified atom stereocenters. The maximum Gasteiger partial charge on any atom is 0.294 e. The van der Waals surface area contributed by atoms with Crippen LogP contribution >= 0.6 is 0 Å². The van der Waals surface area contributed by atoms with Crippen molar-refractivity contribution in [2.24, 2.45) is 0 Å². The third-order valence-electron chi connectivity index (χ3n) is 4.39. The summed E-state index contributed by atoms with van der Waals surface area (Å²) in [4.78, 5) is 27.1. The fourth-order valence-corrected chi connectivity index (χ4v) is 3.18. The average molecular weight is 349 g/mol. The molecule has 130 valence electrons. The lowest BCUT2D eigenvalue weighted by Gasteiger charge is -2.26. The van der Waals surface area contributed by atoms with Crippen LogP contribution in [0.25, 0.3) is 0 Å². The van der Waals surface area contributed by atoms with Gasteiger partial charge in [-0.2, -0.15) is 0 Å². The Balaban J connectivity index is 1.89. The first-order valence-electron chi connectivity index (χ1n) is 8.03. The largest absolute Gasteiger partial charge is 0.503 e. The summed E-state index contributed by atoms with van der Waals surface area (Å²) in [5.41, 5.74) is 1.35.